The molecule has 1 aliphatic heterocycles. The molecule has 0 spiro atoms. The molecule has 0 radical (unpaired) electrons. The molecule has 2 aromatic rings. The Labute approximate surface area is 104 Å². The molecule has 0 amide bonds. The van der Waals surface area contributed by atoms with Crippen molar-refractivity contribution in [2.45, 2.75) is 19.6 Å². The van der Waals surface area contributed by atoms with Crippen LogP contribution in [0.5, 0.6) is 0 Å². The number of hydrogen-bond donors (Lipinski definition) is 1. The predicted molar refractivity (Wildman–Crippen MR) is 65.2 cm³/mol. The van der Waals surface area contributed by atoms with Gasteiger partial charge in [-0.2, -0.15) is 0 Å². The van der Waals surface area contributed by atoms with Crippen LogP contribution in [0, 0.1) is 0 Å². The summed E-state index contributed by atoms with van der Waals surface area (Å²) in [5.41, 5.74) is 1.64. The number of hydrogen-bond acceptors (Lipinski definition) is 6. The fraction of sp³-hybridized carbons (Fsp3) is 0.545. The summed E-state index contributed by atoms with van der Waals surface area (Å²) in [6.07, 6.45) is 3.40. The molecule has 3 heterocycles. The first-order chi connectivity index (χ1) is 8.88. The van der Waals surface area contributed by atoms with Crippen LogP contribution in [0.25, 0.3) is 11.2 Å². The molecule has 1 atom stereocenters. The SMILES string of the molecule is CCn1cnc2c(NC[C@H]3COCO3)ncnc21. The van der Waals surface area contributed by atoms with Crippen molar-refractivity contribution in [2.24, 2.45) is 0 Å². The number of fused-ring (bicyclic) bond motifs is 1. The molecule has 1 N–H and O–H groups in total. The van der Waals surface area contributed by atoms with Crippen LogP contribution in [0.3, 0.4) is 0 Å². The van der Waals surface area contributed by atoms with Crippen LogP contribution in [-0.4, -0.2) is 45.6 Å². The second-order valence-electron chi connectivity index (χ2n) is 4.08. The lowest BCUT2D eigenvalue weighted by Gasteiger charge is -2.09. The second kappa shape index (κ2) is 4.87. The Kier molecular flexibility index (Phi) is 3.07. The number of anilines is 1. The summed E-state index contributed by atoms with van der Waals surface area (Å²) < 4.78 is 12.5. The number of nitrogens with zero attached hydrogens (tertiary/aromatic N) is 4. The van der Waals surface area contributed by atoms with Crippen molar-refractivity contribution >= 4 is 17.0 Å². The molecule has 0 aliphatic carbocycles. The number of aromatic nitrogens is 4. The zero-order valence-corrected chi connectivity index (χ0v) is 10.2. The maximum Gasteiger partial charge on any atom is 0.165 e. The maximum atomic E-state index is 5.36. The zero-order valence-electron chi connectivity index (χ0n) is 10.2. The molecule has 7 heteroatoms. The van der Waals surface area contributed by atoms with Gasteiger partial charge in [-0.1, -0.05) is 0 Å². The van der Waals surface area contributed by atoms with E-state index in [-0.39, 0.29) is 6.10 Å². The molecule has 7 nitrogen and oxygen atoms in total. The molecule has 0 saturated carbocycles. The molecule has 0 aromatic carbocycles. The van der Waals surface area contributed by atoms with Gasteiger partial charge >= 0.3 is 0 Å². The number of rotatable bonds is 4. The van der Waals surface area contributed by atoms with Gasteiger partial charge in [0.15, 0.2) is 11.5 Å². The van der Waals surface area contributed by atoms with Gasteiger partial charge in [-0.3, -0.25) is 0 Å². The van der Waals surface area contributed by atoms with E-state index in [1.165, 1.54) is 0 Å². The van der Waals surface area contributed by atoms with Gasteiger partial charge in [0.2, 0.25) is 0 Å². The summed E-state index contributed by atoms with van der Waals surface area (Å²) in [5, 5.41) is 3.24. The van der Waals surface area contributed by atoms with Gasteiger partial charge in [-0.15, -0.1) is 0 Å². The van der Waals surface area contributed by atoms with Crippen molar-refractivity contribution in [3.63, 3.8) is 0 Å². The van der Waals surface area contributed by atoms with Gasteiger partial charge in [0.1, 0.15) is 24.7 Å². The Bertz CT molecular complexity index is 535. The zero-order chi connectivity index (χ0) is 12.4. The highest BCUT2D eigenvalue weighted by atomic mass is 16.7. The highest BCUT2D eigenvalue weighted by molar-refractivity contribution is 5.82. The Morgan fingerprint density at radius 1 is 1.44 bits per heavy atom. The average Bonchev–Trinajstić information content (AvgIpc) is 3.05. The molecule has 1 fully saturated rings. The van der Waals surface area contributed by atoms with Gasteiger partial charge < -0.3 is 19.4 Å². The second-order valence-corrected chi connectivity index (χ2v) is 4.08. The van der Waals surface area contributed by atoms with Crippen molar-refractivity contribution in [3.8, 4) is 0 Å². The normalized spacial score (nSPS) is 19.5. The van der Waals surface area contributed by atoms with Crippen LogP contribution in [0.2, 0.25) is 0 Å². The lowest BCUT2D eigenvalue weighted by molar-refractivity contribution is 0.0500. The van der Waals surface area contributed by atoms with E-state index in [9.17, 15) is 0 Å². The monoisotopic (exact) mass is 249 g/mol. The maximum absolute atomic E-state index is 5.36. The first-order valence-corrected chi connectivity index (χ1v) is 5.97. The van der Waals surface area contributed by atoms with Crippen molar-refractivity contribution in [2.75, 3.05) is 25.3 Å². The van der Waals surface area contributed by atoms with Gasteiger partial charge in [0, 0.05) is 13.1 Å². The smallest absolute Gasteiger partial charge is 0.165 e. The van der Waals surface area contributed by atoms with E-state index in [0.717, 1.165) is 23.5 Å². The Balaban J connectivity index is 1.80. The highest BCUT2D eigenvalue weighted by Crippen LogP contribution is 2.17. The van der Waals surface area contributed by atoms with Crippen molar-refractivity contribution in [3.05, 3.63) is 12.7 Å². The summed E-state index contributed by atoms with van der Waals surface area (Å²) in [4.78, 5) is 12.8. The van der Waals surface area contributed by atoms with Gasteiger partial charge in [-0.05, 0) is 6.92 Å². The summed E-state index contributed by atoms with van der Waals surface area (Å²) in [7, 11) is 0. The van der Waals surface area contributed by atoms with Crippen LogP contribution >= 0.6 is 0 Å². The quantitative estimate of drug-likeness (QED) is 0.856. The summed E-state index contributed by atoms with van der Waals surface area (Å²) in [6.45, 7) is 4.54. The molecule has 3 rings (SSSR count). The Morgan fingerprint density at radius 3 is 3.17 bits per heavy atom. The topological polar surface area (TPSA) is 74.1 Å². The summed E-state index contributed by atoms with van der Waals surface area (Å²) in [6, 6.07) is 0. The first-order valence-electron chi connectivity index (χ1n) is 5.97. The molecule has 0 unspecified atom stereocenters. The molecule has 1 saturated heterocycles. The van der Waals surface area contributed by atoms with E-state index in [1.807, 2.05) is 4.57 Å². The predicted octanol–water partition coefficient (Wildman–Crippen LogP) is 0.631. The third-order valence-electron chi connectivity index (χ3n) is 2.93. The lowest BCUT2D eigenvalue weighted by Crippen LogP contribution is -2.22. The summed E-state index contributed by atoms with van der Waals surface area (Å²) in [5.74, 6) is 0.739. The minimum absolute atomic E-state index is 0.0725. The van der Waals surface area contributed by atoms with E-state index in [2.05, 4.69) is 27.2 Å². The minimum Gasteiger partial charge on any atom is -0.365 e. The molecule has 2 aromatic heterocycles. The number of ether oxygens (including phenoxy) is 2. The molecule has 0 bridgehead atoms. The number of aryl methyl sites for hydroxylation is 1. The van der Waals surface area contributed by atoms with Crippen LogP contribution in [0.15, 0.2) is 12.7 Å². The fourth-order valence-electron chi connectivity index (χ4n) is 1.94. The Morgan fingerprint density at radius 2 is 2.39 bits per heavy atom. The highest BCUT2D eigenvalue weighted by Gasteiger charge is 2.17. The van der Waals surface area contributed by atoms with Crippen molar-refractivity contribution < 1.29 is 9.47 Å². The third kappa shape index (κ3) is 2.02. The van der Waals surface area contributed by atoms with Crippen LogP contribution < -0.4 is 5.32 Å². The van der Waals surface area contributed by atoms with E-state index < -0.39 is 0 Å². The number of nitrogens with one attached hydrogen (secondary N) is 1. The lowest BCUT2D eigenvalue weighted by atomic mass is 10.3. The van der Waals surface area contributed by atoms with Gasteiger partial charge in [0.05, 0.1) is 12.9 Å². The third-order valence-corrected chi connectivity index (χ3v) is 2.93. The Hall–Kier alpha value is -1.73. The minimum atomic E-state index is 0.0725. The van der Waals surface area contributed by atoms with E-state index >= 15 is 0 Å². The molecular weight excluding hydrogens is 234 g/mol. The van der Waals surface area contributed by atoms with Crippen LogP contribution in [0.4, 0.5) is 5.82 Å². The standard InChI is InChI=1S/C11H15N5O2/c1-2-16-6-15-9-10(13-5-14-11(9)16)12-3-8-4-17-7-18-8/h5-6,8H,2-4,7H2,1H3,(H,12,13,14)/t8-/m0/s1. The molecule has 1 aliphatic rings. The van der Waals surface area contributed by atoms with Crippen molar-refractivity contribution in [1.29, 1.82) is 0 Å². The van der Waals surface area contributed by atoms with Gasteiger partial charge in [0.25, 0.3) is 0 Å². The van der Waals surface area contributed by atoms with Gasteiger partial charge in [-0.25, -0.2) is 15.0 Å². The van der Waals surface area contributed by atoms with E-state index in [4.69, 9.17) is 9.47 Å². The van der Waals surface area contributed by atoms with Crippen LogP contribution in [0.1, 0.15) is 6.92 Å². The van der Waals surface area contributed by atoms with E-state index in [1.54, 1.807) is 12.7 Å². The molecular formula is C11H15N5O2. The largest absolute Gasteiger partial charge is 0.365 e. The first kappa shape index (κ1) is 11.4. The number of imidazole rings is 1. The molecule has 96 valence electrons. The molecule has 18 heavy (non-hydrogen) atoms. The van der Waals surface area contributed by atoms with Crippen LogP contribution in [-0.2, 0) is 16.0 Å². The van der Waals surface area contributed by atoms with Crippen molar-refractivity contribution in [1.82, 2.24) is 19.5 Å². The summed E-state index contributed by atoms with van der Waals surface area (Å²) >= 11 is 0. The fourth-order valence-corrected chi connectivity index (χ4v) is 1.94. The van der Waals surface area contributed by atoms with E-state index in [0.29, 0.717) is 19.9 Å². The average molecular weight is 249 g/mol.